The van der Waals surface area contributed by atoms with E-state index in [0.29, 0.717) is 16.8 Å². The number of aromatic nitrogens is 3. The van der Waals surface area contributed by atoms with E-state index in [4.69, 9.17) is 5.73 Å². The molecule has 0 radical (unpaired) electrons. The maximum Gasteiger partial charge on any atom is 0.181 e. The van der Waals surface area contributed by atoms with Crippen molar-refractivity contribution in [1.82, 2.24) is 15.2 Å². The van der Waals surface area contributed by atoms with Gasteiger partial charge in [-0.1, -0.05) is 0 Å². The molecule has 2 aromatic rings. The van der Waals surface area contributed by atoms with Gasteiger partial charge < -0.3 is 5.73 Å². The minimum atomic E-state index is -0.298. The smallest absolute Gasteiger partial charge is 0.181 e. The Bertz CT molecular complexity index is 512. The Morgan fingerprint density at radius 2 is 2.24 bits per heavy atom. The number of rotatable bonds is 4. The normalized spacial score (nSPS) is 10.8. The number of aryl methyl sites for hydroxylation is 1. The second-order valence-corrected chi connectivity index (χ2v) is 4.48. The van der Waals surface area contributed by atoms with E-state index >= 15 is 0 Å². The minimum Gasteiger partial charge on any atom is -0.330 e. The van der Waals surface area contributed by atoms with Gasteiger partial charge in [-0.25, -0.2) is 9.37 Å². The van der Waals surface area contributed by atoms with Gasteiger partial charge in [-0.3, -0.25) is 5.10 Å². The van der Waals surface area contributed by atoms with Crippen molar-refractivity contribution in [3.8, 4) is 11.4 Å². The largest absolute Gasteiger partial charge is 0.330 e. The molecule has 0 saturated carbocycles. The highest BCUT2D eigenvalue weighted by molar-refractivity contribution is 9.10. The molecule has 0 spiro atoms. The first-order valence-corrected chi connectivity index (χ1v) is 6.07. The van der Waals surface area contributed by atoms with Crippen LogP contribution in [0.1, 0.15) is 12.2 Å². The van der Waals surface area contributed by atoms with Crippen LogP contribution in [0, 0.1) is 5.82 Å². The molecule has 2 rings (SSSR count). The van der Waals surface area contributed by atoms with E-state index in [1.54, 1.807) is 12.1 Å². The fraction of sp³-hybridized carbons (Fsp3) is 0.273. The summed E-state index contributed by atoms with van der Waals surface area (Å²) in [6, 6.07) is 4.69. The molecule has 4 nitrogen and oxygen atoms in total. The Balaban J connectivity index is 2.21. The third kappa shape index (κ3) is 2.89. The zero-order valence-corrected chi connectivity index (χ0v) is 10.7. The highest BCUT2D eigenvalue weighted by Gasteiger charge is 2.08. The lowest BCUT2D eigenvalue weighted by Gasteiger charge is -1.97. The molecule has 1 aromatic heterocycles. The summed E-state index contributed by atoms with van der Waals surface area (Å²) in [6.07, 6.45) is 1.63. The standard InChI is InChI=1S/C11H12BrFN4/c12-8-6-7(3-4-9(8)13)11-15-10(16-17-11)2-1-5-14/h3-4,6H,1-2,5,14H2,(H,15,16,17). The number of hydrogen-bond donors (Lipinski definition) is 2. The molecule has 0 atom stereocenters. The average molecular weight is 299 g/mol. The summed E-state index contributed by atoms with van der Waals surface area (Å²) >= 11 is 3.13. The quantitative estimate of drug-likeness (QED) is 0.910. The van der Waals surface area contributed by atoms with Crippen molar-refractivity contribution in [1.29, 1.82) is 0 Å². The highest BCUT2D eigenvalue weighted by Crippen LogP contribution is 2.22. The lowest BCUT2D eigenvalue weighted by Crippen LogP contribution is -2.01. The van der Waals surface area contributed by atoms with Crippen LogP contribution in [0.25, 0.3) is 11.4 Å². The SMILES string of the molecule is NCCCc1nc(-c2ccc(F)c(Br)c2)n[nH]1. The average Bonchev–Trinajstić information content (AvgIpc) is 2.79. The summed E-state index contributed by atoms with van der Waals surface area (Å²) in [5.74, 6) is 1.07. The van der Waals surface area contributed by atoms with Crippen LogP contribution in [0.2, 0.25) is 0 Å². The van der Waals surface area contributed by atoms with E-state index in [9.17, 15) is 4.39 Å². The van der Waals surface area contributed by atoms with Crippen molar-refractivity contribution in [2.75, 3.05) is 6.54 Å². The van der Waals surface area contributed by atoms with Crippen molar-refractivity contribution >= 4 is 15.9 Å². The predicted octanol–water partition coefficient (Wildman–Crippen LogP) is 2.26. The molecule has 3 N–H and O–H groups in total. The van der Waals surface area contributed by atoms with Crippen molar-refractivity contribution in [2.24, 2.45) is 5.73 Å². The topological polar surface area (TPSA) is 67.6 Å². The molecule has 90 valence electrons. The van der Waals surface area contributed by atoms with Crippen LogP contribution in [0.4, 0.5) is 4.39 Å². The van der Waals surface area contributed by atoms with E-state index in [1.807, 2.05) is 0 Å². The molecule has 0 aliphatic rings. The number of nitrogens with zero attached hydrogens (tertiary/aromatic N) is 2. The summed E-state index contributed by atoms with van der Waals surface area (Å²) in [5.41, 5.74) is 6.19. The molecule has 0 saturated heterocycles. The zero-order chi connectivity index (χ0) is 12.3. The van der Waals surface area contributed by atoms with Crippen molar-refractivity contribution in [3.63, 3.8) is 0 Å². The molecular formula is C11H12BrFN4. The second-order valence-electron chi connectivity index (χ2n) is 3.63. The monoisotopic (exact) mass is 298 g/mol. The molecule has 0 aliphatic carbocycles. The summed E-state index contributed by atoms with van der Waals surface area (Å²) in [6.45, 7) is 0.623. The van der Waals surface area contributed by atoms with Crippen LogP contribution in [0.5, 0.6) is 0 Å². The Labute approximate surface area is 107 Å². The summed E-state index contributed by atoms with van der Waals surface area (Å²) in [5, 5.41) is 6.94. The highest BCUT2D eigenvalue weighted by atomic mass is 79.9. The van der Waals surface area contributed by atoms with Gasteiger partial charge in [-0.15, -0.1) is 0 Å². The summed E-state index contributed by atoms with van der Waals surface area (Å²) < 4.78 is 13.5. The molecule has 0 unspecified atom stereocenters. The molecule has 0 aliphatic heterocycles. The Hall–Kier alpha value is -1.27. The fourth-order valence-electron chi connectivity index (χ4n) is 1.44. The van der Waals surface area contributed by atoms with Gasteiger partial charge in [0, 0.05) is 12.0 Å². The van der Waals surface area contributed by atoms with Gasteiger partial charge in [0.05, 0.1) is 4.47 Å². The van der Waals surface area contributed by atoms with Crippen LogP contribution in [0.15, 0.2) is 22.7 Å². The molecule has 0 amide bonds. The van der Waals surface area contributed by atoms with E-state index in [2.05, 4.69) is 31.1 Å². The number of nitrogens with two attached hydrogens (primary N) is 1. The van der Waals surface area contributed by atoms with Gasteiger partial charge in [-0.05, 0) is 47.1 Å². The van der Waals surface area contributed by atoms with Crippen LogP contribution < -0.4 is 5.73 Å². The molecule has 1 aromatic carbocycles. The number of benzene rings is 1. The predicted molar refractivity (Wildman–Crippen MR) is 66.9 cm³/mol. The first-order valence-electron chi connectivity index (χ1n) is 5.27. The molecule has 1 heterocycles. The number of halogens is 2. The number of hydrogen-bond acceptors (Lipinski definition) is 3. The van der Waals surface area contributed by atoms with Gasteiger partial charge in [0.1, 0.15) is 11.6 Å². The molecular weight excluding hydrogens is 287 g/mol. The Kier molecular flexibility index (Phi) is 3.86. The van der Waals surface area contributed by atoms with E-state index in [1.165, 1.54) is 6.07 Å². The maximum atomic E-state index is 13.1. The number of aromatic amines is 1. The molecule has 0 bridgehead atoms. The third-order valence-electron chi connectivity index (χ3n) is 2.33. The van der Waals surface area contributed by atoms with Gasteiger partial charge in [-0.2, -0.15) is 5.10 Å². The fourth-order valence-corrected chi connectivity index (χ4v) is 1.82. The first kappa shape index (κ1) is 12.2. The molecule has 17 heavy (non-hydrogen) atoms. The van der Waals surface area contributed by atoms with Crippen molar-refractivity contribution in [2.45, 2.75) is 12.8 Å². The summed E-state index contributed by atoms with van der Waals surface area (Å²) in [7, 11) is 0. The molecule has 6 heteroatoms. The van der Waals surface area contributed by atoms with E-state index < -0.39 is 0 Å². The van der Waals surface area contributed by atoms with Crippen molar-refractivity contribution in [3.05, 3.63) is 34.3 Å². The van der Waals surface area contributed by atoms with Crippen LogP contribution in [0.3, 0.4) is 0 Å². The van der Waals surface area contributed by atoms with Gasteiger partial charge >= 0.3 is 0 Å². The minimum absolute atomic E-state index is 0.298. The third-order valence-corrected chi connectivity index (χ3v) is 2.93. The van der Waals surface area contributed by atoms with Crippen LogP contribution >= 0.6 is 15.9 Å². The Morgan fingerprint density at radius 3 is 2.94 bits per heavy atom. The van der Waals surface area contributed by atoms with Crippen LogP contribution in [-0.4, -0.2) is 21.7 Å². The van der Waals surface area contributed by atoms with Crippen LogP contribution in [-0.2, 0) is 6.42 Å². The van der Waals surface area contributed by atoms with Gasteiger partial charge in [0.25, 0.3) is 0 Å². The maximum absolute atomic E-state index is 13.1. The van der Waals surface area contributed by atoms with E-state index in [0.717, 1.165) is 24.2 Å². The summed E-state index contributed by atoms with van der Waals surface area (Å²) in [4.78, 5) is 4.32. The lowest BCUT2D eigenvalue weighted by molar-refractivity contribution is 0.621. The van der Waals surface area contributed by atoms with Gasteiger partial charge in [0.15, 0.2) is 5.82 Å². The first-order chi connectivity index (χ1) is 8.20. The zero-order valence-electron chi connectivity index (χ0n) is 9.08. The lowest BCUT2D eigenvalue weighted by atomic mass is 10.2. The second kappa shape index (κ2) is 5.37. The van der Waals surface area contributed by atoms with E-state index in [-0.39, 0.29) is 5.82 Å². The molecule has 0 fully saturated rings. The Morgan fingerprint density at radius 1 is 1.41 bits per heavy atom. The number of H-pyrrole nitrogens is 1. The number of nitrogens with one attached hydrogen (secondary N) is 1. The van der Waals surface area contributed by atoms with Gasteiger partial charge in [0.2, 0.25) is 0 Å². The van der Waals surface area contributed by atoms with Crippen molar-refractivity contribution < 1.29 is 4.39 Å².